The normalized spacial score (nSPS) is 6.00. The number of hydrogen-bond acceptors (Lipinski definition) is 3. The lowest BCUT2D eigenvalue weighted by Crippen LogP contribution is -1.99. The van der Waals surface area contributed by atoms with Gasteiger partial charge >= 0.3 is 0 Å². The summed E-state index contributed by atoms with van der Waals surface area (Å²) < 4.78 is 0. The van der Waals surface area contributed by atoms with Crippen molar-refractivity contribution in [1.29, 1.82) is 0 Å². The van der Waals surface area contributed by atoms with E-state index >= 15 is 0 Å². The molecule has 0 rings (SSSR count). The molecule has 0 radical (unpaired) electrons. The van der Waals surface area contributed by atoms with Gasteiger partial charge in [0.05, 0.1) is 0 Å². The van der Waals surface area contributed by atoms with Gasteiger partial charge in [-0.1, -0.05) is 0 Å². The summed E-state index contributed by atoms with van der Waals surface area (Å²) in [6.07, 6.45) is 0. The molecule has 0 amide bonds. The quantitative estimate of drug-likeness (QED) is 0.458. The largest absolute Gasteiger partial charge is 0.344 e. The molecule has 6 heavy (non-hydrogen) atoms. The van der Waals surface area contributed by atoms with E-state index in [4.69, 9.17) is 0 Å². The number of nitrogens with zero attached hydrogens (tertiary/aromatic N) is 1. The van der Waals surface area contributed by atoms with E-state index in [2.05, 4.69) is 0 Å². The smallest absolute Gasteiger partial charge is 0.0140 e. The molecule has 0 aliphatic rings. The fourth-order valence-corrected chi connectivity index (χ4v) is 0. The summed E-state index contributed by atoms with van der Waals surface area (Å²) in [5, 5.41) is 0. The van der Waals surface area contributed by atoms with Gasteiger partial charge in [0.25, 0.3) is 0 Å². The van der Waals surface area contributed by atoms with Gasteiger partial charge in [-0.25, -0.2) is 0 Å². The van der Waals surface area contributed by atoms with Gasteiger partial charge in [-0.15, -0.1) is 0 Å². The van der Waals surface area contributed by atoms with Crippen LogP contribution >= 0.6 is 0 Å². The lowest BCUT2D eigenvalue weighted by atomic mass is 11.0. The van der Waals surface area contributed by atoms with E-state index in [0.29, 0.717) is 0 Å². The second-order valence-corrected chi connectivity index (χ2v) is 1.34. The monoisotopic (exact) mass is 93.1 g/mol. The first kappa shape index (κ1) is 16.9. The Morgan fingerprint density at radius 2 is 0.833 bits per heavy atom. The van der Waals surface area contributed by atoms with Crippen molar-refractivity contribution in [3.05, 3.63) is 0 Å². The number of rotatable bonds is 0. The molecule has 0 aromatic heterocycles. The molecule has 3 nitrogen and oxygen atoms in total. The van der Waals surface area contributed by atoms with Crippen LogP contribution in [0.15, 0.2) is 0 Å². The fraction of sp³-hybridized carbons (Fsp3) is 1.00. The van der Waals surface area contributed by atoms with Crippen LogP contribution in [0.3, 0.4) is 0 Å². The molecule has 0 aliphatic heterocycles. The van der Waals surface area contributed by atoms with Crippen LogP contribution in [0.4, 0.5) is 0 Å². The highest BCUT2D eigenvalue weighted by molar-refractivity contribution is 4.09. The highest BCUT2D eigenvalue weighted by Crippen LogP contribution is 1.47. The van der Waals surface area contributed by atoms with Gasteiger partial charge < -0.3 is 17.2 Å². The molecule has 0 aromatic carbocycles. The van der Waals surface area contributed by atoms with Gasteiger partial charge in [-0.2, -0.15) is 0 Å². The third-order valence-electron chi connectivity index (χ3n) is 0. The van der Waals surface area contributed by atoms with Crippen LogP contribution in [0.25, 0.3) is 0 Å². The third kappa shape index (κ3) is 2230. The Kier molecular flexibility index (Phi) is 24.9. The Labute approximate surface area is 39.5 Å². The van der Waals surface area contributed by atoms with E-state index < -0.39 is 0 Å². The molecule has 0 aromatic rings. The van der Waals surface area contributed by atoms with E-state index in [9.17, 15) is 0 Å². The van der Waals surface area contributed by atoms with Crippen LogP contribution < -0.4 is 12.3 Å². The molecule has 6 N–H and O–H groups in total. The summed E-state index contributed by atoms with van der Waals surface area (Å²) >= 11 is 0. The van der Waals surface area contributed by atoms with E-state index in [1.54, 1.807) is 0 Å². The molecular weight excluding hydrogens is 78.1 g/mol. The second-order valence-electron chi connectivity index (χ2n) is 1.34. The van der Waals surface area contributed by atoms with Gasteiger partial charge in [0.1, 0.15) is 0 Å². The highest BCUT2D eigenvalue weighted by Gasteiger charge is 1.58. The topological polar surface area (TPSA) is 73.2 Å². The van der Waals surface area contributed by atoms with Crippen molar-refractivity contribution >= 4 is 0 Å². The van der Waals surface area contributed by atoms with Crippen LogP contribution in [0, 0.1) is 0 Å². The van der Waals surface area contributed by atoms with Crippen LogP contribution in [-0.4, -0.2) is 26.0 Å². The average Bonchev–Trinajstić information content (AvgIpc) is 0.811. The van der Waals surface area contributed by atoms with Gasteiger partial charge in [0.15, 0.2) is 0 Å². The summed E-state index contributed by atoms with van der Waals surface area (Å²) in [7, 11) is 6.00. The van der Waals surface area contributed by atoms with Gasteiger partial charge in [-0.3, -0.25) is 0 Å². The van der Waals surface area contributed by atoms with Crippen LogP contribution in [-0.2, 0) is 0 Å². The zero-order valence-corrected chi connectivity index (χ0v) is 4.86. The molecule has 0 bridgehead atoms. The standard InChI is InChI=1S/C3H9N.2H3N/c1-4(2)3;;/h1-3H3;2*1H3. The fourth-order valence-electron chi connectivity index (χ4n) is 0. The van der Waals surface area contributed by atoms with Crippen molar-refractivity contribution in [1.82, 2.24) is 17.2 Å². The zero-order chi connectivity index (χ0) is 3.58. The summed E-state index contributed by atoms with van der Waals surface area (Å²) in [5.74, 6) is 0. The minimum atomic E-state index is 0. The van der Waals surface area contributed by atoms with Crippen LogP contribution in [0.5, 0.6) is 0 Å². The molecule has 3 heteroatoms. The number of hydrogen-bond donors (Lipinski definition) is 2. The second kappa shape index (κ2) is 8.86. The SMILES string of the molecule is CN(C)C.N.N. The minimum Gasteiger partial charge on any atom is -0.344 e. The molecule has 0 fully saturated rings. The summed E-state index contributed by atoms with van der Waals surface area (Å²) in [6.45, 7) is 0. The Morgan fingerprint density at radius 1 is 0.833 bits per heavy atom. The molecule has 0 spiro atoms. The maximum Gasteiger partial charge on any atom is -0.0140 e. The Balaban J connectivity index is -0.0000000450. The first-order valence-corrected chi connectivity index (χ1v) is 1.34. The van der Waals surface area contributed by atoms with E-state index in [1.807, 2.05) is 26.0 Å². The molecule has 0 aliphatic carbocycles. The molecule has 0 saturated heterocycles. The molecule has 0 heterocycles. The Hall–Kier alpha value is -0.120. The van der Waals surface area contributed by atoms with Crippen molar-refractivity contribution in [3.8, 4) is 0 Å². The maximum absolute atomic E-state index is 2.00. The van der Waals surface area contributed by atoms with E-state index in [0.717, 1.165) is 0 Å². The summed E-state index contributed by atoms with van der Waals surface area (Å²) in [4.78, 5) is 2.00. The first-order chi connectivity index (χ1) is 1.73. The van der Waals surface area contributed by atoms with Crippen molar-refractivity contribution in [3.63, 3.8) is 0 Å². The van der Waals surface area contributed by atoms with Gasteiger partial charge in [-0.05, 0) is 21.1 Å². The van der Waals surface area contributed by atoms with Gasteiger partial charge in [0.2, 0.25) is 0 Å². The Bertz CT molecular complexity index is 10.8. The molecule has 0 atom stereocenters. The molecule has 0 unspecified atom stereocenters. The molecule has 0 saturated carbocycles. The lowest BCUT2D eigenvalue weighted by Gasteiger charge is -1.90. The predicted octanol–water partition coefficient (Wildman–Crippen LogP) is 0.502. The predicted molar refractivity (Wildman–Crippen MR) is 29.7 cm³/mol. The lowest BCUT2D eigenvalue weighted by molar-refractivity contribution is 0.505. The van der Waals surface area contributed by atoms with Crippen molar-refractivity contribution in [2.24, 2.45) is 0 Å². The summed E-state index contributed by atoms with van der Waals surface area (Å²) in [5.41, 5.74) is 0. The van der Waals surface area contributed by atoms with Crippen LogP contribution in [0.1, 0.15) is 0 Å². The highest BCUT2D eigenvalue weighted by atomic mass is 15.0. The first-order valence-electron chi connectivity index (χ1n) is 1.34. The molecule has 42 valence electrons. The van der Waals surface area contributed by atoms with E-state index in [1.165, 1.54) is 0 Å². The third-order valence-corrected chi connectivity index (χ3v) is 0. The van der Waals surface area contributed by atoms with Crippen molar-refractivity contribution in [2.45, 2.75) is 0 Å². The average molecular weight is 93.2 g/mol. The maximum atomic E-state index is 2.00. The molecular formula is C3H15N3. The van der Waals surface area contributed by atoms with Crippen molar-refractivity contribution < 1.29 is 0 Å². The van der Waals surface area contributed by atoms with Crippen molar-refractivity contribution in [2.75, 3.05) is 21.1 Å². The minimum absolute atomic E-state index is 0. The summed E-state index contributed by atoms with van der Waals surface area (Å²) in [6, 6.07) is 0. The zero-order valence-electron chi connectivity index (χ0n) is 4.86. The van der Waals surface area contributed by atoms with Gasteiger partial charge in [0, 0.05) is 0 Å². The van der Waals surface area contributed by atoms with Crippen LogP contribution in [0.2, 0.25) is 0 Å². The van der Waals surface area contributed by atoms with E-state index in [-0.39, 0.29) is 12.3 Å². The Morgan fingerprint density at radius 3 is 0.833 bits per heavy atom.